The molecule has 3 aromatic heterocycles. The molecule has 49 heavy (non-hydrogen) atoms. The zero-order valence-electron chi connectivity index (χ0n) is 26.5. The van der Waals surface area contributed by atoms with Crippen LogP contribution in [0, 0.1) is 22.7 Å². The summed E-state index contributed by atoms with van der Waals surface area (Å²) in [6.07, 6.45) is 7.58. The summed E-state index contributed by atoms with van der Waals surface area (Å²) in [5.41, 5.74) is 13.7. The van der Waals surface area contributed by atoms with E-state index in [1.165, 1.54) is 48.7 Å². The lowest BCUT2D eigenvalue weighted by molar-refractivity contribution is 0.801. The molecule has 2 aliphatic rings. The van der Waals surface area contributed by atoms with Crippen LogP contribution < -0.4 is 0 Å². The van der Waals surface area contributed by atoms with Crippen LogP contribution >= 0.6 is 11.3 Å². The first-order valence-electron chi connectivity index (χ1n) is 16.7. The second-order valence-corrected chi connectivity index (χ2v) is 14.1. The fraction of sp³-hybridized carbons (Fsp3) is 0.0909. The Labute approximate surface area is 287 Å². The molecule has 0 N–H and O–H groups in total. The fourth-order valence-corrected chi connectivity index (χ4v) is 9.58. The van der Waals surface area contributed by atoms with Crippen molar-refractivity contribution in [3.8, 4) is 34.8 Å². The quantitative estimate of drug-likeness (QED) is 0.192. The van der Waals surface area contributed by atoms with Crippen molar-refractivity contribution in [2.75, 3.05) is 0 Å². The van der Waals surface area contributed by atoms with Crippen molar-refractivity contribution < 1.29 is 0 Å². The van der Waals surface area contributed by atoms with Crippen molar-refractivity contribution in [1.82, 2.24) is 9.13 Å². The average molecular weight is 645 g/mol. The number of nitrogens with zero attached hydrogens (tertiary/aromatic N) is 4. The summed E-state index contributed by atoms with van der Waals surface area (Å²) in [4.78, 5) is 1.47. The van der Waals surface area contributed by atoms with Gasteiger partial charge in [-0.05, 0) is 103 Å². The number of aromatic nitrogens is 2. The van der Waals surface area contributed by atoms with E-state index in [9.17, 15) is 10.5 Å². The van der Waals surface area contributed by atoms with E-state index in [0.29, 0.717) is 11.1 Å². The number of para-hydroxylation sites is 2. The molecule has 2 aliphatic carbocycles. The Bertz CT molecular complexity index is 2780. The molecular weight excluding hydrogens is 617 g/mol. The highest BCUT2D eigenvalue weighted by atomic mass is 32.1. The van der Waals surface area contributed by atoms with Crippen LogP contribution in [0.25, 0.3) is 60.6 Å². The second-order valence-electron chi connectivity index (χ2n) is 13.0. The SMILES string of the molecule is N#Cc1ccc(-n2c3ccccc3c3cc(C#N)ccc32)c(C2C=Cc3c(c4c(n3-c3ccccc3)-c3c(sc5ccccc35)CC4)C2)c1. The zero-order chi connectivity index (χ0) is 32.6. The predicted octanol–water partition coefficient (Wildman–Crippen LogP) is 10.7. The summed E-state index contributed by atoms with van der Waals surface area (Å²) < 4.78 is 6.17. The number of nitriles is 2. The van der Waals surface area contributed by atoms with Crippen molar-refractivity contribution in [3.05, 3.63) is 160 Å². The number of hydrogen-bond acceptors (Lipinski definition) is 3. The van der Waals surface area contributed by atoms with Gasteiger partial charge in [0.1, 0.15) is 0 Å². The van der Waals surface area contributed by atoms with Gasteiger partial charge in [0.25, 0.3) is 0 Å². The Morgan fingerprint density at radius 2 is 1.39 bits per heavy atom. The molecule has 1 atom stereocenters. The molecule has 3 heterocycles. The molecule has 0 radical (unpaired) electrons. The monoisotopic (exact) mass is 644 g/mol. The Kier molecular flexibility index (Phi) is 6.09. The van der Waals surface area contributed by atoms with Gasteiger partial charge < -0.3 is 9.13 Å². The highest BCUT2D eigenvalue weighted by Gasteiger charge is 2.33. The van der Waals surface area contributed by atoms with E-state index in [1.807, 2.05) is 29.5 Å². The summed E-state index contributed by atoms with van der Waals surface area (Å²) in [6, 6.07) is 44.8. The van der Waals surface area contributed by atoms with Crippen LogP contribution in [-0.4, -0.2) is 9.13 Å². The van der Waals surface area contributed by atoms with Crippen molar-refractivity contribution in [2.45, 2.75) is 25.2 Å². The topological polar surface area (TPSA) is 57.4 Å². The number of hydrogen-bond donors (Lipinski definition) is 0. The lowest BCUT2D eigenvalue weighted by atomic mass is 9.82. The van der Waals surface area contributed by atoms with Crippen LogP contribution in [-0.2, 0) is 19.3 Å². The molecule has 0 amide bonds. The van der Waals surface area contributed by atoms with E-state index >= 15 is 0 Å². The molecule has 0 bridgehead atoms. The van der Waals surface area contributed by atoms with Gasteiger partial charge in [0.05, 0.1) is 45.7 Å². The molecule has 230 valence electrons. The lowest BCUT2D eigenvalue weighted by Crippen LogP contribution is -2.11. The molecule has 10 rings (SSSR count). The summed E-state index contributed by atoms with van der Waals surface area (Å²) >= 11 is 1.94. The van der Waals surface area contributed by atoms with Crippen LogP contribution in [0.1, 0.15) is 44.3 Å². The predicted molar refractivity (Wildman–Crippen MR) is 200 cm³/mol. The van der Waals surface area contributed by atoms with Crippen LogP contribution in [0.15, 0.2) is 121 Å². The van der Waals surface area contributed by atoms with Crippen molar-refractivity contribution in [1.29, 1.82) is 10.5 Å². The zero-order valence-corrected chi connectivity index (χ0v) is 27.3. The van der Waals surface area contributed by atoms with Gasteiger partial charge in [0.2, 0.25) is 0 Å². The minimum Gasteiger partial charge on any atom is -0.309 e. The first-order valence-corrected chi connectivity index (χ1v) is 17.5. The Balaban J connectivity index is 1.20. The maximum absolute atomic E-state index is 10.1. The molecule has 0 fully saturated rings. The van der Waals surface area contributed by atoms with E-state index in [0.717, 1.165) is 52.3 Å². The number of thiophene rings is 1. The molecule has 0 aliphatic heterocycles. The third kappa shape index (κ3) is 4.07. The Hall–Kier alpha value is -6.14. The van der Waals surface area contributed by atoms with Gasteiger partial charge in [0, 0.05) is 48.6 Å². The molecule has 0 saturated carbocycles. The fourth-order valence-electron chi connectivity index (χ4n) is 8.37. The highest BCUT2D eigenvalue weighted by Crippen LogP contribution is 2.50. The number of fused-ring (bicyclic) bond motifs is 10. The minimum absolute atomic E-state index is 0.0710. The van der Waals surface area contributed by atoms with Crippen molar-refractivity contribution in [3.63, 3.8) is 0 Å². The Morgan fingerprint density at radius 3 is 2.24 bits per heavy atom. The van der Waals surface area contributed by atoms with Crippen molar-refractivity contribution >= 4 is 49.3 Å². The highest BCUT2D eigenvalue weighted by molar-refractivity contribution is 7.19. The molecule has 5 heteroatoms. The maximum Gasteiger partial charge on any atom is 0.0991 e. The second kappa shape index (κ2) is 10.7. The maximum atomic E-state index is 10.1. The number of allylic oxidation sites excluding steroid dienone is 1. The Morgan fingerprint density at radius 1 is 0.653 bits per heavy atom. The summed E-state index contributed by atoms with van der Waals surface area (Å²) in [5.74, 6) is 0.0710. The normalized spacial score (nSPS) is 14.8. The van der Waals surface area contributed by atoms with Gasteiger partial charge in [-0.1, -0.05) is 60.7 Å². The summed E-state index contributed by atoms with van der Waals surface area (Å²) in [6.45, 7) is 0. The van der Waals surface area contributed by atoms with Gasteiger partial charge in [0.15, 0.2) is 0 Å². The molecular formula is C44H28N4S. The van der Waals surface area contributed by atoms with E-state index in [2.05, 4.69) is 130 Å². The van der Waals surface area contributed by atoms with Gasteiger partial charge in [-0.2, -0.15) is 10.5 Å². The lowest BCUT2D eigenvalue weighted by Gasteiger charge is -2.24. The van der Waals surface area contributed by atoms with Gasteiger partial charge in [-0.15, -0.1) is 11.3 Å². The number of benzene rings is 5. The van der Waals surface area contributed by atoms with E-state index in [4.69, 9.17) is 0 Å². The van der Waals surface area contributed by atoms with Crippen molar-refractivity contribution in [2.24, 2.45) is 0 Å². The van der Waals surface area contributed by atoms with Gasteiger partial charge >= 0.3 is 0 Å². The van der Waals surface area contributed by atoms with Crippen LogP contribution in [0.3, 0.4) is 0 Å². The van der Waals surface area contributed by atoms with Crippen LogP contribution in [0.2, 0.25) is 0 Å². The van der Waals surface area contributed by atoms with Crippen LogP contribution in [0.4, 0.5) is 0 Å². The van der Waals surface area contributed by atoms with E-state index in [1.54, 1.807) is 0 Å². The number of rotatable bonds is 3. The van der Waals surface area contributed by atoms with Gasteiger partial charge in [-0.25, -0.2) is 0 Å². The van der Waals surface area contributed by atoms with Crippen LogP contribution in [0.5, 0.6) is 0 Å². The summed E-state index contributed by atoms with van der Waals surface area (Å²) in [5, 5.41) is 23.3. The molecule has 0 spiro atoms. The first-order chi connectivity index (χ1) is 24.2. The standard InChI is InChI=1S/C44H28N4S/c45-25-27-14-18-38(48-37-12-6-4-10-31(37)35-23-28(26-46)15-19-40(35)48)34(22-27)29-16-20-39-36(24-29)32-17-21-42-43(33-11-5-7-13-41(33)49-42)44(32)47(39)30-8-2-1-3-9-30/h1-16,18-20,22-23,29H,17,21,24H2. The largest absolute Gasteiger partial charge is 0.309 e. The minimum atomic E-state index is 0.0710. The smallest absolute Gasteiger partial charge is 0.0991 e. The average Bonchev–Trinajstić information content (AvgIpc) is 3.82. The molecule has 4 nitrogen and oxygen atoms in total. The third-order valence-corrected chi connectivity index (χ3v) is 11.7. The molecule has 0 saturated heterocycles. The number of aryl methyl sites for hydroxylation is 1. The van der Waals surface area contributed by atoms with E-state index in [-0.39, 0.29) is 5.92 Å². The molecule has 1 unspecified atom stereocenters. The molecule has 5 aromatic carbocycles. The van der Waals surface area contributed by atoms with Gasteiger partial charge in [-0.3, -0.25) is 0 Å². The molecule has 8 aromatic rings. The first kappa shape index (κ1) is 27.9. The van der Waals surface area contributed by atoms with E-state index < -0.39 is 0 Å². The summed E-state index contributed by atoms with van der Waals surface area (Å²) in [7, 11) is 0. The third-order valence-electron chi connectivity index (χ3n) is 10.5.